The van der Waals surface area contributed by atoms with Crippen LogP contribution in [0.5, 0.6) is 0 Å². The zero-order valence-electron chi connectivity index (χ0n) is 9.23. The molecule has 3 nitrogen and oxygen atoms in total. The molecule has 2 fully saturated rings. The van der Waals surface area contributed by atoms with Crippen LogP contribution >= 0.6 is 0 Å². The van der Waals surface area contributed by atoms with E-state index >= 15 is 0 Å². The van der Waals surface area contributed by atoms with Crippen molar-refractivity contribution in [3.8, 4) is 0 Å². The highest BCUT2D eigenvalue weighted by Gasteiger charge is 2.36. The van der Waals surface area contributed by atoms with Crippen LogP contribution in [0.25, 0.3) is 0 Å². The van der Waals surface area contributed by atoms with Gasteiger partial charge in [0.25, 0.3) is 0 Å². The lowest BCUT2D eigenvalue weighted by Gasteiger charge is -2.14. The Hall–Kier alpha value is -0.835. The van der Waals surface area contributed by atoms with Crippen molar-refractivity contribution in [1.82, 2.24) is 0 Å². The molecular formula is C12H16BNO2. The number of benzene rings is 1. The van der Waals surface area contributed by atoms with Gasteiger partial charge in [-0.1, -0.05) is 18.2 Å². The van der Waals surface area contributed by atoms with Crippen LogP contribution in [0.15, 0.2) is 18.2 Å². The summed E-state index contributed by atoms with van der Waals surface area (Å²) in [4.78, 5) is 0. The summed E-state index contributed by atoms with van der Waals surface area (Å²) in [5.41, 5.74) is 3.59. The second-order valence-electron chi connectivity index (χ2n) is 4.89. The van der Waals surface area contributed by atoms with E-state index in [0.717, 1.165) is 5.46 Å². The van der Waals surface area contributed by atoms with E-state index in [4.69, 9.17) is 5.90 Å². The smallest absolute Gasteiger partial charge is 0.422 e. The third-order valence-corrected chi connectivity index (χ3v) is 3.57. The van der Waals surface area contributed by atoms with Gasteiger partial charge in [-0.15, -0.1) is 0 Å². The third kappa shape index (κ3) is 1.77. The van der Waals surface area contributed by atoms with Gasteiger partial charge >= 0.3 is 7.12 Å². The number of nitrogens with two attached hydrogens (primary N) is 1. The fourth-order valence-electron chi connectivity index (χ4n) is 2.48. The van der Waals surface area contributed by atoms with Gasteiger partial charge in [0.05, 0.1) is 0 Å². The highest BCUT2D eigenvalue weighted by atomic mass is 16.6. The maximum atomic E-state index is 9.77. The molecule has 0 aliphatic heterocycles. The summed E-state index contributed by atoms with van der Waals surface area (Å²) in [6.07, 6.45) is 5.02. The Morgan fingerprint density at radius 2 is 1.88 bits per heavy atom. The lowest BCUT2D eigenvalue weighted by Crippen LogP contribution is -2.38. The van der Waals surface area contributed by atoms with E-state index in [9.17, 15) is 5.02 Å². The minimum atomic E-state index is -0.978. The molecule has 0 aromatic heterocycles. The van der Waals surface area contributed by atoms with E-state index in [-0.39, 0.29) is 0 Å². The average molecular weight is 217 g/mol. The van der Waals surface area contributed by atoms with Gasteiger partial charge in [-0.3, -0.25) is 0 Å². The molecule has 4 heteroatoms. The summed E-state index contributed by atoms with van der Waals surface area (Å²) >= 11 is 0. The van der Waals surface area contributed by atoms with Gasteiger partial charge in [0.1, 0.15) is 0 Å². The molecule has 16 heavy (non-hydrogen) atoms. The summed E-state index contributed by atoms with van der Waals surface area (Å²) in [5.74, 6) is 6.42. The van der Waals surface area contributed by atoms with Crippen molar-refractivity contribution in [2.24, 2.45) is 5.90 Å². The first-order valence-corrected chi connectivity index (χ1v) is 5.97. The van der Waals surface area contributed by atoms with Crippen molar-refractivity contribution in [2.45, 2.75) is 37.5 Å². The topological polar surface area (TPSA) is 55.5 Å². The molecule has 0 radical (unpaired) electrons. The zero-order valence-corrected chi connectivity index (χ0v) is 9.23. The lowest BCUT2D eigenvalue weighted by atomic mass is 9.73. The normalized spacial score (nSPS) is 19.9. The molecular weight excluding hydrogens is 201 g/mol. The van der Waals surface area contributed by atoms with Crippen LogP contribution in [0.3, 0.4) is 0 Å². The molecule has 2 aliphatic carbocycles. The molecule has 0 heterocycles. The predicted molar refractivity (Wildman–Crippen MR) is 63.3 cm³/mol. The van der Waals surface area contributed by atoms with Crippen molar-refractivity contribution in [3.63, 3.8) is 0 Å². The van der Waals surface area contributed by atoms with Crippen molar-refractivity contribution >= 4 is 12.6 Å². The molecule has 0 spiro atoms. The van der Waals surface area contributed by atoms with Crippen LogP contribution in [0.1, 0.15) is 48.6 Å². The molecule has 0 bridgehead atoms. The molecule has 3 rings (SSSR count). The minimum absolute atomic E-state index is 0.622. The quantitative estimate of drug-likeness (QED) is 0.584. The van der Waals surface area contributed by atoms with Crippen LogP contribution in [-0.2, 0) is 4.76 Å². The van der Waals surface area contributed by atoms with E-state index in [1.807, 2.05) is 12.1 Å². The fourth-order valence-corrected chi connectivity index (χ4v) is 2.48. The first-order chi connectivity index (χ1) is 7.81. The highest BCUT2D eigenvalue weighted by molar-refractivity contribution is 6.60. The summed E-state index contributed by atoms with van der Waals surface area (Å²) < 4.78 is 4.57. The number of rotatable bonds is 4. The molecule has 3 N–H and O–H groups in total. The minimum Gasteiger partial charge on any atom is -0.422 e. The summed E-state index contributed by atoms with van der Waals surface area (Å²) in [7, 11) is -0.978. The van der Waals surface area contributed by atoms with Crippen molar-refractivity contribution in [3.05, 3.63) is 29.3 Å². The second kappa shape index (κ2) is 3.88. The fraction of sp³-hybridized carbons (Fsp3) is 0.500. The molecule has 1 aromatic carbocycles. The number of hydrogen-bond donors (Lipinski definition) is 2. The largest absolute Gasteiger partial charge is 0.508 e. The first kappa shape index (κ1) is 10.3. The van der Waals surface area contributed by atoms with Crippen LogP contribution in [0, 0.1) is 0 Å². The van der Waals surface area contributed by atoms with Gasteiger partial charge in [-0.25, -0.2) is 5.90 Å². The predicted octanol–water partition coefficient (Wildman–Crippen LogP) is 1.02. The van der Waals surface area contributed by atoms with Crippen LogP contribution in [-0.4, -0.2) is 12.1 Å². The molecule has 0 atom stereocenters. The van der Waals surface area contributed by atoms with E-state index in [1.165, 1.54) is 36.8 Å². The Morgan fingerprint density at radius 3 is 2.44 bits per heavy atom. The van der Waals surface area contributed by atoms with Crippen molar-refractivity contribution in [2.75, 3.05) is 0 Å². The van der Waals surface area contributed by atoms with Crippen LogP contribution < -0.4 is 11.4 Å². The lowest BCUT2D eigenvalue weighted by molar-refractivity contribution is 0.280. The van der Waals surface area contributed by atoms with E-state index < -0.39 is 7.12 Å². The van der Waals surface area contributed by atoms with Gasteiger partial charge in [0.2, 0.25) is 0 Å². The van der Waals surface area contributed by atoms with Crippen molar-refractivity contribution in [1.29, 1.82) is 0 Å². The summed E-state index contributed by atoms with van der Waals surface area (Å²) in [6.45, 7) is 0. The van der Waals surface area contributed by atoms with E-state index in [1.54, 1.807) is 0 Å². The Bertz CT molecular complexity index is 402. The molecule has 84 valence electrons. The molecule has 2 aliphatic rings. The van der Waals surface area contributed by atoms with E-state index in [2.05, 4.69) is 10.8 Å². The maximum Gasteiger partial charge on any atom is 0.508 e. The van der Waals surface area contributed by atoms with Crippen molar-refractivity contribution < 1.29 is 9.78 Å². The van der Waals surface area contributed by atoms with Gasteiger partial charge in [-0.2, -0.15) is 0 Å². The molecule has 1 aromatic rings. The first-order valence-electron chi connectivity index (χ1n) is 5.97. The maximum absolute atomic E-state index is 9.77. The molecule has 2 saturated carbocycles. The van der Waals surface area contributed by atoms with Gasteiger partial charge in [0, 0.05) is 0 Å². The van der Waals surface area contributed by atoms with Crippen LogP contribution in [0.4, 0.5) is 0 Å². The summed E-state index contributed by atoms with van der Waals surface area (Å²) in [6, 6.07) is 6.12. The molecule has 0 amide bonds. The SMILES string of the molecule is NOB(O)c1cccc(C2CC2)c1C1CC1. The van der Waals surface area contributed by atoms with Gasteiger partial charge in [0.15, 0.2) is 0 Å². The Balaban J connectivity index is 2.04. The Morgan fingerprint density at radius 1 is 1.19 bits per heavy atom. The average Bonchev–Trinajstić information content (AvgIpc) is 3.19. The third-order valence-electron chi connectivity index (χ3n) is 3.57. The highest BCUT2D eigenvalue weighted by Crippen LogP contribution is 2.48. The monoisotopic (exact) mass is 217 g/mol. The van der Waals surface area contributed by atoms with Gasteiger partial charge in [-0.05, 0) is 54.1 Å². The number of hydrogen-bond acceptors (Lipinski definition) is 3. The van der Waals surface area contributed by atoms with Gasteiger partial charge < -0.3 is 9.78 Å². The molecule has 0 unspecified atom stereocenters. The summed E-state index contributed by atoms with van der Waals surface area (Å²) in [5, 5.41) is 9.77. The zero-order chi connectivity index (χ0) is 11.1. The molecule has 0 saturated heterocycles. The Kier molecular flexibility index (Phi) is 2.50. The van der Waals surface area contributed by atoms with E-state index in [0.29, 0.717) is 11.8 Å². The standard InChI is InChI=1S/C12H16BNO2/c14-16-13(15)11-3-1-2-10(8-4-5-8)12(11)9-6-7-9/h1-3,8-9,15H,4-7,14H2. The van der Waals surface area contributed by atoms with Crippen LogP contribution in [0.2, 0.25) is 0 Å². The second-order valence-corrected chi connectivity index (χ2v) is 4.89. The Labute approximate surface area is 95.7 Å².